The van der Waals surface area contributed by atoms with Gasteiger partial charge in [0.15, 0.2) is 0 Å². The second kappa shape index (κ2) is 7.29. The van der Waals surface area contributed by atoms with Crippen LogP contribution in [0.15, 0.2) is 28.8 Å². The zero-order valence-electron chi connectivity index (χ0n) is 13.5. The summed E-state index contributed by atoms with van der Waals surface area (Å²) in [4.78, 5) is 20.3. The highest BCUT2D eigenvalue weighted by Crippen LogP contribution is 2.19. The molecule has 1 atom stereocenters. The van der Waals surface area contributed by atoms with Crippen molar-refractivity contribution in [3.05, 3.63) is 35.2 Å². The van der Waals surface area contributed by atoms with Crippen LogP contribution in [0.1, 0.15) is 12.8 Å². The number of piperazine rings is 1. The maximum Gasteiger partial charge on any atom is 0.241 e. The minimum Gasteiger partial charge on any atom is -0.339 e. The third-order valence-electron chi connectivity index (χ3n) is 4.00. The lowest BCUT2D eigenvalue weighted by molar-refractivity contribution is -0.134. The van der Waals surface area contributed by atoms with Crippen LogP contribution in [-0.4, -0.2) is 58.1 Å². The number of nitrogens with zero attached hydrogens (tertiary/aromatic N) is 4. The summed E-state index contributed by atoms with van der Waals surface area (Å²) in [7, 11) is 0. The summed E-state index contributed by atoms with van der Waals surface area (Å²) in [5.74, 6) is 1.11. The number of halogens is 1. The number of nitrogens with two attached hydrogens (primary N) is 1. The summed E-state index contributed by atoms with van der Waals surface area (Å²) in [6.07, 6.45) is 0. The number of carbonyl (C=O) groups excluding carboxylic acids is 1. The average molecular weight is 350 g/mol. The van der Waals surface area contributed by atoms with Crippen LogP contribution in [0, 0.1) is 0 Å². The molecule has 0 saturated carbocycles. The number of rotatable bonds is 4. The third kappa shape index (κ3) is 3.92. The molecule has 2 heterocycles. The lowest BCUT2D eigenvalue weighted by atomic mass is 10.2. The van der Waals surface area contributed by atoms with Gasteiger partial charge in [-0.05, 0) is 31.2 Å². The van der Waals surface area contributed by atoms with Crippen LogP contribution >= 0.6 is 11.6 Å². The molecule has 1 aliphatic rings. The van der Waals surface area contributed by atoms with Crippen LogP contribution < -0.4 is 5.73 Å². The predicted octanol–water partition coefficient (Wildman–Crippen LogP) is 1.38. The number of amides is 1. The molecule has 24 heavy (non-hydrogen) atoms. The number of carbonyl (C=O) groups is 1. The van der Waals surface area contributed by atoms with Gasteiger partial charge in [-0.15, -0.1) is 0 Å². The zero-order valence-corrected chi connectivity index (χ0v) is 14.2. The Kier molecular flexibility index (Phi) is 5.13. The predicted molar refractivity (Wildman–Crippen MR) is 90.3 cm³/mol. The van der Waals surface area contributed by atoms with Gasteiger partial charge in [0, 0.05) is 36.8 Å². The van der Waals surface area contributed by atoms with Crippen molar-refractivity contribution in [3.63, 3.8) is 0 Å². The Balaban J connectivity index is 1.56. The Hall–Kier alpha value is -1.96. The zero-order chi connectivity index (χ0) is 17.1. The van der Waals surface area contributed by atoms with Crippen LogP contribution in [0.2, 0.25) is 5.02 Å². The van der Waals surface area contributed by atoms with Crippen molar-refractivity contribution in [2.24, 2.45) is 5.73 Å². The molecule has 1 saturated heterocycles. The fourth-order valence-electron chi connectivity index (χ4n) is 2.64. The van der Waals surface area contributed by atoms with Gasteiger partial charge in [0.05, 0.1) is 12.6 Å². The SMILES string of the molecule is C[C@@H](N)C(=O)N1CCN(Cc2nc(-c3ccc(Cl)cc3)no2)CC1. The third-order valence-corrected chi connectivity index (χ3v) is 4.25. The van der Waals surface area contributed by atoms with Gasteiger partial charge in [0.1, 0.15) is 0 Å². The molecular weight excluding hydrogens is 330 g/mol. The molecule has 7 nitrogen and oxygen atoms in total. The van der Waals surface area contributed by atoms with Gasteiger partial charge >= 0.3 is 0 Å². The molecule has 1 fully saturated rings. The maximum absolute atomic E-state index is 11.9. The second-order valence-electron chi connectivity index (χ2n) is 5.91. The molecular formula is C16H20ClN5O2. The number of aromatic nitrogens is 2. The van der Waals surface area contributed by atoms with Crippen molar-refractivity contribution in [1.29, 1.82) is 0 Å². The fourth-order valence-corrected chi connectivity index (χ4v) is 2.77. The molecule has 1 aromatic carbocycles. The number of hydrogen-bond donors (Lipinski definition) is 1. The van der Waals surface area contributed by atoms with Crippen molar-refractivity contribution in [3.8, 4) is 11.4 Å². The molecule has 1 amide bonds. The van der Waals surface area contributed by atoms with E-state index in [1.807, 2.05) is 12.1 Å². The maximum atomic E-state index is 11.9. The molecule has 0 bridgehead atoms. The first-order valence-electron chi connectivity index (χ1n) is 7.88. The van der Waals surface area contributed by atoms with E-state index in [4.69, 9.17) is 21.9 Å². The van der Waals surface area contributed by atoms with Crippen LogP contribution in [0.25, 0.3) is 11.4 Å². The lowest BCUT2D eigenvalue weighted by Crippen LogP contribution is -2.52. The molecule has 2 aromatic rings. The van der Waals surface area contributed by atoms with Crippen molar-refractivity contribution in [2.45, 2.75) is 19.5 Å². The van der Waals surface area contributed by atoms with Gasteiger partial charge < -0.3 is 15.2 Å². The Morgan fingerprint density at radius 3 is 2.58 bits per heavy atom. The van der Waals surface area contributed by atoms with E-state index in [1.165, 1.54) is 0 Å². The van der Waals surface area contributed by atoms with Crippen LogP contribution in [0.3, 0.4) is 0 Å². The summed E-state index contributed by atoms with van der Waals surface area (Å²) < 4.78 is 5.33. The summed E-state index contributed by atoms with van der Waals surface area (Å²) in [6, 6.07) is 6.85. The van der Waals surface area contributed by atoms with Gasteiger partial charge in [-0.3, -0.25) is 9.69 Å². The molecule has 0 radical (unpaired) electrons. The van der Waals surface area contributed by atoms with E-state index in [1.54, 1.807) is 24.0 Å². The van der Waals surface area contributed by atoms with Gasteiger partial charge in [-0.25, -0.2) is 0 Å². The summed E-state index contributed by atoms with van der Waals surface area (Å²) >= 11 is 5.88. The minimum absolute atomic E-state index is 0.00235. The highest BCUT2D eigenvalue weighted by molar-refractivity contribution is 6.30. The Morgan fingerprint density at radius 1 is 1.29 bits per heavy atom. The van der Waals surface area contributed by atoms with Crippen molar-refractivity contribution in [2.75, 3.05) is 26.2 Å². The van der Waals surface area contributed by atoms with E-state index < -0.39 is 6.04 Å². The van der Waals surface area contributed by atoms with E-state index >= 15 is 0 Å². The summed E-state index contributed by atoms with van der Waals surface area (Å²) in [6.45, 7) is 5.14. The molecule has 0 spiro atoms. The molecule has 2 N–H and O–H groups in total. The molecule has 8 heteroatoms. The van der Waals surface area contributed by atoms with Gasteiger partial charge in [0.25, 0.3) is 0 Å². The largest absolute Gasteiger partial charge is 0.339 e. The summed E-state index contributed by atoms with van der Waals surface area (Å²) in [5, 5.41) is 4.68. The molecule has 1 aromatic heterocycles. The van der Waals surface area contributed by atoms with E-state index in [-0.39, 0.29) is 5.91 Å². The van der Waals surface area contributed by atoms with Gasteiger partial charge in [-0.1, -0.05) is 16.8 Å². The molecule has 1 aliphatic heterocycles. The summed E-state index contributed by atoms with van der Waals surface area (Å²) in [5.41, 5.74) is 6.51. The topological polar surface area (TPSA) is 88.5 Å². The molecule has 128 valence electrons. The smallest absolute Gasteiger partial charge is 0.241 e. The standard InChI is InChI=1S/C16H20ClN5O2/c1-11(18)16(23)22-8-6-21(7-9-22)10-14-19-15(20-24-14)12-2-4-13(17)5-3-12/h2-5,11H,6-10,18H2,1H3/t11-/m1/s1. The van der Waals surface area contributed by atoms with Crippen molar-refractivity contribution in [1.82, 2.24) is 19.9 Å². The van der Waals surface area contributed by atoms with E-state index in [0.717, 1.165) is 18.7 Å². The normalized spacial score (nSPS) is 17.0. The lowest BCUT2D eigenvalue weighted by Gasteiger charge is -2.34. The first-order valence-corrected chi connectivity index (χ1v) is 8.26. The highest BCUT2D eigenvalue weighted by Gasteiger charge is 2.24. The second-order valence-corrected chi connectivity index (χ2v) is 6.35. The fraction of sp³-hybridized carbons (Fsp3) is 0.438. The van der Waals surface area contributed by atoms with Crippen molar-refractivity contribution < 1.29 is 9.32 Å². The van der Waals surface area contributed by atoms with E-state index in [0.29, 0.717) is 36.4 Å². The number of benzene rings is 1. The Morgan fingerprint density at radius 2 is 1.96 bits per heavy atom. The first kappa shape index (κ1) is 16.9. The molecule has 3 rings (SSSR count). The Bertz CT molecular complexity index is 693. The average Bonchev–Trinajstić information content (AvgIpc) is 3.04. The van der Waals surface area contributed by atoms with E-state index in [9.17, 15) is 4.79 Å². The van der Waals surface area contributed by atoms with Gasteiger partial charge in [-0.2, -0.15) is 4.98 Å². The van der Waals surface area contributed by atoms with Crippen LogP contribution in [0.5, 0.6) is 0 Å². The van der Waals surface area contributed by atoms with Crippen LogP contribution in [-0.2, 0) is 11.3 Å². The molecule has 0 aliphatic carbocycles. The Labute approximate surface area is 145 Å². The number of hydrogen-bond acceptors (Lipinski definition) is 6. The van der Waals surface area contributed by atoms with Crippen molar-refractivity contribution >= 4 is 17.5 Å². The highest BCUT2D eigenvalue weighted by atomic mass is 35.5. The molecule has 0 unspecified atom stereocenters. The minimum atomic E-state index is -0.450. The van der Waals surface area contributed by atoms with E-state index in [2.05, 4.69) is 15.0 Å². The van der Waals surface area contributed by atoms with Gasteiger partial charge in [0.2, 0.25) is 17.6 Å². The van der Waals surface area contributed by atoms with Crippen LogP contribution in [0.4, 0.5) is 0 Å². The first-order chi connectivity index (χ1) is 11.5. The quantitative estimate of drug-likeness (QED) is 0.897. The monoisotopic (exact) mass is 349 g/mol.